The van der Waals surface area contributed by atoms with Crippen LogP contribution in [-0.2, 0) is 0 Å². The molecule has 1 aromatic carbocycles. The number of methoxy groups -OCH3 is 2. The summed E-state index contributed by atoms with van der Waals surface area (Å²) in [6, 6.07) is 9.85. The van der Waals surface area contributed by atoms with E-state index in [1.54, 1.807) is 20.4 Å². The first-order chi connectivity index (χ1) is 9.72. The van der Waals surface area contributed by atoms with E-state index in [1.165, 1.54) is 0 Å². The molecular formula is C15H13BrN2O2. The molecule has 0 bridgehead atoms. The molecule has 0 N–H and O–H groups in total. The first kappa shape index (κ1) is 13.0. The zero-order chi connectivity index (χ0) is 14.1. The fourth-order valence-corrected chi connectivity index (χ4v) is 2.51. The number of pyridine rings is 1. The lowest BCUT2D eigenvalue weighted by molar-refractivity contribution is 0.355. The van der Waals surface area contributed by atoms with Crippen molar-refractivity contribution in [2.45, 2.75) is 0 Å². The van der Waals surface area contributed by atoms with Crippen molar-refractivity contribution in [1.82, 2.24) is 9.55 Å². The first-order valence-electron chi connectivity index (χ1n) is 6.08. The van der Waals surface area contributed by atoms with Gasteiger partial charge in [0.1, 0.15) is 0 Å². The Hall–Kier alpha value is -2.01. The molecule has 0 aliphatic heterocycles. The Kier molecular flexibility index (Phi) is 3.36. The summed E-state index contributed by atoms with van der Waals surface area (Å²) in [7, 11) is 3.26. The lowest BCUT2D eigenvalue weighted by Crippen LogP contribution is -1.96. The van der Waals surface area contributed by atoms with E-state index in [2.05, 4.69) is 25.5 Å². The molecule has 3 rings (SSSR count). The van der Waals surface area contributed by atoms with Crippen LogP contribution in [0.3, 0.4) is 0 Å². The van der Waals surface area contributed by atoms with Crippen molar-refractivity contribution in [2.24, 2.45) is 0 Å². The Balaban J connectivity index is 2.18. The highest BCUT2D eigenvalue weighted by molar-refractivity contribution is 9.10. The summed E-state index contributed by atoms with van der Waals surface area (Å²) in [4.78, 5) is 4.38. The van der Waals surface area contributed by atoms with E-state index < -0.39 is 0 Å². The molecule has 0 aliphatic rings. The predicted molar refractivity (Wildman–Crippen MR) is 81.9 cm³/mol. The Morgan fingerprint density at radius 1 is 1.05 bits per heavy atom. The molecule has 20 heavy (non-hydrogen) atoms. The zero-order valence-corrected chi connectivity index (χ0v) is 12.7. The summed E-state index contributed by atoms with van der Waals surface area (Å²) >= 11 is 3.45. The largest absolute Gasteiger partial charge is 0.493 e. The van der Waals surface area contributed by atoms with Gasteiger partial charge in [0.05, 0.1) is 25.3 Å². The van der Waals surface area contributed by atoms with Crippen molar-refractivity contribution in [3.63, 3.8) is 0 Å². The average molecular weight is 333 g/mol. The van der Waals surface area contributed by atoms with Gasteiger partial charge in [0.2, 0.25) is 0 Å². The van der Waals surface area contributed by atoms with Gasteiger partial charge in [-0.2, -0.15) is 0 Å². The van der Waals surface area contributed by atoms with Crippen molar-refractivity contribution >= 4 is 27.0 Å². The minimum Gasteiger partial charge on any atom is -0.493 e. The van der Waals surface area contributed by atoms with Gasteiger partial charge in [-0.05, 0) is 40.2 Å². The van der Waals surface area contributed by atoms with Crippen LogP contribution in [0.2, 0.25) is 0 Å². The second-order valence-electron chi connectivity index (χ2n) is 4.28. The van der Waals surface area contributed by atoms with E-state index in [0.29, 0.717) is 11.5 Å². The maximum Gasteiger partial charge on any atom is 0.162 e. The Labute approximate surface area is 125 Å². The van der Waals surface area contributed by atoms with Crippen LogP contribution in [0, 0.1) is 0 Å². The second kappa shape index (κ2) is 5.17. The lowest BCUT2D eigenvalue weighted by atomic mass is 10.2. The SMILES string of the molecule is COc1ccc(-n2ccc3ncc(Br)cc32)cc1OC. The fourth-order valence-electron chi connectivity index (χ4n) is 2.19. The molecule has 0 fully saturated rings. The van der Waals surface area contributed by atoms with Gasteiger partial charge in [-0.3, -0.25) is 4.98 Å². The van der Waals surface area contributed by atoms with Crippen LogP contribution in [0.15, 0.2) is 47.2 Å². The van der Waals surface area contributed by atoms with E-state index in [1.807, 2.05) is 36.5 Å². The summed E-state index contributed by atoms with van der Waals surface area (Å²) in [5.74, 6) is 1.42. The fraction of sp³-hybridized carbons (Fsp3) is 0.133. The van der Waals surface area contributed by atoms with E-state index >= 15 is 0 Å². The summed E-state index contributed by atoms with van der Waals surface area (Å²) in [6.07, 6.45) is 3.78. The Bertz CT molecular complexity index is 768. The van der Waals surface area contributed by atoms with Crippen LogP contribution in [0.1, 0.15) is 0 Å². The highest BCUT2D eigenvalue weighted by atomic mass is 79.9. The molecule has 0 atom stereocenters. The molecule has 0 unspecified atom stereocenters. The molecule has 102 valence electrons. The van der Waals surface area contributed by atoms with Crippen molar-refractivity contribution in [3.05, 3.63) is 47.2 Å². The molecule has 2 aromatic heterocycles. The normalized spacial score (nSPS) is 10.8. The van der Waals surface area contributed by atoms with Gasteiger partial charge in [-0.25, -0.2) is 0 Å². The number of rotatable bonds is 3. The number of hydrogen-bond acceptors (Lipinski definition) is 3. The van der Waals surface area contributed by atoms with Gasteiger partial charge in [0.25, 0.3) is 0 Å². The van der Waals surface area contributed by atoms with Gasteiger partial charge < -0.3 is 14.0 Å². The van der Waals surface area contributed by atoms with Gasteiger partial charge >= 0.3 is 0 Å². The summed E-state index contributed by atoms with van der Waals surface area (Å²) in [5.41, 5.74) is 2.98. The number of ether oxygens (including phenoxy) is 2. The van der Waals surface area contributed by atoms with E-state index in [-0.39, 0.29) is 0 Å². The number of fused-ring (bicyclic) bond motifs is 1. The van der Waals surface area contributed by atoms with Crippen LogP contribution < -0.4 is 9.47 Å². The highest BCUT2D eigenvalue weighted by Crippen LogP contribution is 2.31. The minimum atomic E-state index is 0.704. The standard InChI is InChI=1S/C15H13BrN2O2/c1-19-14-4-3-11(8-15(14)20-2)18-6-5-12-13(18)7-10(16)9-17-12/h3-9H,1-2H3. The summed E-state index contributed by atoms with van der Waals surface area (Å²) in [6.45, 7) is 0. The molecule has 5 heteroatoms. The van der Waals surface area contributed by atoms with Gasteiger partial charge in [-0.15, -0.1) is 0 Å². The molecule has 0 amide bonds. The van der Waals surface area contributed by atoms with Crippen molar-refractivity contribution in [3.8, 4) is 17.2 Å². The van der Waals surface area contributed by atoms with Crippen LogP contribution >= 0.6 is 15.9 Å². The van der Waals surface area contributed by atoms with Gasteiger partial charge in [-0.1, -0.05) is 0 Å². The number of benzene rings is 1. The third-order valence-corrected chi connectivity index (χ3v) is 3.58. The molecule has 4 nitrogen and oxygen atoms in total. The predicted octanol–water partition coefficient (Wildman–Crippen LogP) is 3.81. The van der Waals surface area contributed by atoms with Crippen LogP contribution in [0.5, 0.6) is 11.5 Å². The van der Waals surface area contributed by atoms with Crippen molar-refractivity contribution in [1.29, 1.82) is 0 Å². The molecule has 0 saturated heterocycles. The van der Waals surface area contributed by atoms with E-state index in [4.69, 9.17) is 9.47 Å². The number of aromatic nitrogens is 2. The third-order valence-electron chi connectivity index (χ3n) is 3.15. The number of halogens is 1. The lowest BCUT2D eigenvalue weighted by Gasteiger charge is -2.11. The molecule has 0 radical (unpaired) electrons. The second-order valence-corrected chi connectivity index (χ2v) is 5.20. The topological polar surface area (TPSA) is 36.3 Å². The summed E-state index contributed by atoms with van der Waals surface area (Å²) < 4.78 is 13.6. The molecule has 0 spiro atoms. The van der Waals surface area contributed by atoms with Gasteiger partial charge in [0, 0.05) is 28.6 Å². The maximum atomic E-state index is 5.35. The van der Waals surface area contributed by atoms with Gasteiger partial charge in [0.15, 0.2) is 11.5 Å². The third kappa shape index (κ3) is 2.14. The number of nitrogens with zero attached hydrogens (tertiary/aromatic N) is 2. The van der Waals surface area contributed by atoms with Crippen molar-refractivity contribution < 1.29 is 9.47 Å². The minimum absolute atomic E-state index is 0.704. The summed E-state index contributed by atoms with van der Waals surface area (Å²) in [5, 5.41) is 0. The van der Waals surface area contributed by atoms with Crippen LogP contribution in [0.4, 0.5) is 0 Å². The van der Waals surface area contributed by atoms with E-state index in [9.17, 15) is 0 Å². The quantitative estimate of drug-likeness (QED) is 0.731. The number of hydrogen-bond donors (Lipinski definition) is 0. The van der Waals surface area contributed by atoms with Crippen LogP contribution in [-0.4, -0.2) is 23.8 Å². The first-order valence-corrected chi connectivity index (χ1v) is 6.87. The molecule has 0 saturated carbocycles. The van der Waals surface area contributed by atoms with Crippen molar-refractivity contribution in [2.75, 3.05) is 14.2 Å². The monoisotopic (exact) mass is 332 g/mol. The highest BCUT2D eigenvalue weighted by Gasteiger charge is 2.09. The average Bonchev–Trinajstić information content (AvgIpc) is 2.89. The maximum absolute atomic E-state index is 5.35. The zero-order valence-electron chi connectivity index (χ0n) is 11.1. The molecule has 2 heterocycles. The Morgan fingerprint density at radius 3 is 2.60 bits per heavy atom. The smallest absolute Gasteiger partial charge is 0.162 e. The van der Waals surface area contributed by atoms with Crippen LogP contribution in [0.25, 0.3) is 16.7 Å². The molecular weight excluding hydrogens is 320 g/mol. The molecule has 0 aliphatic carbocycles. The van der Waals surface area contributed by atoms with E-state index in [0.717, 1.165) is 21.2 Å². The molecule has 3 aromatic rings. The Morgan fingerprint density at radius 2 is 1.85 bits per heavy atom.